The molecule has 1 atom stereocenters. The molecule has 1 rings (SSSR count). The van der Waals surface area contributed by atoms with Crippen LogP contribution in [0.5, 0.6) is 0 Å². The molecular weight excluding hydrogens is 256 g/mol. The van der Waals surface area contributed by atoms with Gasteiger partial charge in [0.05, 0.1) is 0 Å². The zero-order chi connectivity index (χ0) is 12.8. The van der Waals surface area contributed by atoms with Gasteiger partial charge in [0.2, 0.25) is 11.2 Å². The number of thioether (sulfide) groups is 1. The predicted octanol–water partition coefficient (Wildman–Crippen LogP) is 3.48. The molecule has 0 fully saturated rings. The minimum absolute atomic E-state index is 0.247. The molecule has 1 unspecified atom stereocenters. The summed E-state index contributed by atoms with van der Waals surface area (Å²) in [5, 5.41) is 4.50. The monoisotopic (exact) mass is 274 g/mol. The minimum atomic E-state index is 0.247. The molecule has 0 radical (unpaired) electrons. The van der Waals surface area contributed by atoms with Gasteiger partial charge in [0, 0.05) is 11.8 Å². The molecule has 0 saturated heterocycles. The molecule has 0 aromatic carbocycles. The second-order valence-electron chi connectivity index (χ2n) is 4.20. The topological polar surface area (TPSA) is 50.7 Å². The quantitative estimate of drug-likeness (QED) is 0.805. The van der Waals surface area contributed by atoms with Crippen molar-refractivity contribution in [2.45, 2.75) is 44.5 Å². The van der Waals surface area contributed by atoms with E-state index in [1.54, 1.807) is 11.8 Å². The van der Waals surface area contributed by atoms with E-state index in [0.717, 1.165) is 13.0 Å². The van der Waals surface area contributed by atoms with Crippen LogP contribution in [-0.2, 0) is 0 Å². The Labute approximate surface area is 112 Å². The van der Waals surface area contributed by atoms with Crippen molar-refractivity contribution in [1.82, 2.24) is 15.0 Å². The summed E-state index contributed by atoms with van der Waals surface area (Å²) in [6.07, 6.45) is 1.02. The number of nitrogens with one attached hydrogen (secondary N) is 1. The predicted molar refractivity (Wildman–Crippen MR) is 73.8 cm³/mol. The van der Waals surface area contributed by atoms with E-state index in [1.807, 2.05) is 0 Å². The third-order valence-corrected chi connectivity index (χ3v) is 3.83. The number of halogens is 1. The summed E-state index contributed by atoms with van der Waals surface area (Å²) in [6.45, 7) is 9.44. The molecule has 0 saturated carbocycles. The van der Waals surface area contributed by atoms with Crippen LogP contribution in [0.3, 0.4) is 0 Å². The van der Waals surface area contributed by atoms with E-state index >= 15 is 0 Å². The second kappa shape index (κ2) is 7.01. The van der Waals surface area contributed by atoms with Crippen molar-refractivity contribution < 1.29 is 0 Å². The van der Waals surface area contributed by atoms with Gasteiger partial charge in [0.25, 0.3) is 0 Å². The number of hydrogen-bond acceptors (Lipinski definition) is 5. The third kappa shape index (κ3) is 5.08. The molecule has 1 aromatic rings. The van der Waals surface area contributed by atoms with E-state index in [9.17, 15) is 0 Å². The van der Waals surface area contributed by atoms with Gasteiger partial charge >= 0.3 is 0 Å². The zero-order valence-corrected chi connectivity index (χ0v) is 12.3. The lowest BCUT2D eigenvalue weighted by atomic mass is 10.2. The highest BCUT2D eigenvalue weighted by Crippen LogP contribution is 2.25. The molecule has 1 N–H and O–H groups in total. The Hall–Kier alpha value is -0.550. The van der Waals surface area contributed by atoms with Crippen molar-refractivity contribution in [3.63, 3.8) is 0 Å². The summed E-state index contributed by atoms with van der Waals surface area (Å²) >= 11 is 7.50. The maximum Gasteiger partial charge on any atom is 0.228 e. The number of nitrogens with zero attached hydrogens (tertiary/aromatic N) is 3. The first-order valence-electron chi connectivity index (χ1n) is 5.85. The highest BCUT2D eigenvalue weighted by molar-refractivity contribution is 7.99. The highest BCUT2D eigenvalue weighted by atomic mass is 35.5. The Kier molecular flexibility index (Phi) is 5.98. The second-order valence-corrected chi connectivity index (χ2v) is 5.89. The lowest BCUT2D eigenvalue weighted by molar-refractivity contribution is 0.640. The molecular formula is C11H19ClN4S. The Balaban J connectivity index is 2.74. The maximum atomic E-state index is 5.88. The highest BCUT2D eigenvalue weighted by Gasteiger charge is 2.12. The van der Waals surface area contributed by atoms with Gasteiger partial charge in [0.1, 0.15) is 0 Å². The Morgan fingerprint density at radius 2 is 1.94 bits per heavy atom. The molecule has 4 nitrogen and oxygen atoms in total. The molecule has 0 aliphatic heterocycles. The van der Waals surface area contributed by atoms with Crippen molar-refractivity contribution in [1.29, 1.82) is 0 Å². The van der Waals surface area contributed by atoms with Crippen LogP contribution in [0.1, 0.15) is 34.1 Å². The van der Waals surface area contributed by atoms with E-state index in [4.69, 9.17) is 11.6 Å². The van der Waals surface area contributed by atoms with E-state index in [0.29, 0.717) is 22.3 Å². The molecule has 0 amide bonds. The van der Waals surface area contributed by atoms with Crippen molar-refractivity contribution in [2.24, 2.45) is 5.92 Å². The zero-order valence-electron chi connectivity index (χ0n) is 10.7. The van der Waals surface area contributed by atoms with Crippen LogP contribution >= 0.6 is 23.4 Å². The van der Waals surface area contributed by atoms with Crippen molar-refractivity contribution in [3.8, 4) is 0 Å². The lowest BCUT2D eigenvalue weighted by Gasteiger charge is -2.14. The van der Waals surface area contributed by atoms with Crippen LogP contribution in [0.15, 0.2) is 5.16 Å². The maximum absolute atomic E-state index is 5.88. The Morgan fingerprint density at radius 3 is 2.53 bits per heavy atom. The Bertz CT molecular complexity index is 359. The van der Waals surface area contributed by atoms with Gasteiger partial charge < -0.3 is 5.32 Å². The molecule has 17 heavy (non-hydrogen) atoms. The number of hydrogen-bond donors (Lipinski definition) is 1. The van der Waals surface area contributed by atoms with Gasteiger partial charge in [-0.15, -0.1) is 0 Å². The summed E-state index contributed by atoms with van der Waals surface area (Å²) in [5.74, 6) is 1.13. The molecule has 1 aromatic heterocycles. The van der Waals surface area contributed by atoms with Crippen LogP contribution in [0.25, 0.3) is 0 Å². The summed E-state index contributed by atoms with van der Waals surface area (Å²) in [4.78, 5) is 12.5. The fourth-order valence-corrected chi connectivity index (χ4v) is 2.10. The lowest BCUT2D eigenvalue weighted by Crippen LogP contribution is -2.09. The first-order chi connectivity index (χ1) is 8.02. The fraction of sp³-hybridized carbons (Fsp3) is 0.727. The van der Waals surface area contributed by atoms with Crippen LogP contribution in [0.2, 0.25) is 5.28 Å². The smallest absolute Gasteiger partial charge is 0.228 e. The van der Waals surface area contributed by atoms with E-state index in [1.165, 1.54) is 0 Å². The van der Waals surface area contributed by atoms with Gasteiger partial charge in [-0.25, -0.2) is 0 Å². The van der Waals surface area contributed by atoms with Crippen LogP contribution < -0.4 is 5.32 Å². The third-order valence-electron chi connectivity index (χ3n) is 2.35. The normalized spacial score (nSPS) is 12.8. The summed E-state index contributed by atoms with van der Waals surface area (Å²) < 4.78 is 0. The van der Waals surface area contributed by atoms with Crippen molar-refractivity contribution in [2.75, 3.05) is 11.9 Å². The minimum Gasteiger partial charge on any atom is -0.354 e. The molecule has 0 spiro atoms. The van der Waals surface area contributed by atoms with Crippen LogP contribution in [-0.4, -0.2) is 26.7 Å². The first kappa shape index (κ1) is 14.5. The number of aromatic nitrogens is 3. The molecule has 96 valence electrons. The van der Waals surface area contributed by atoms with Gasteiger partial charge in [-0.3, -0.25) is 0 Å². The SMILES string of the molecule is CCCNc1nc(Cl)nc(SC(C)C(C)C)n1. The van der Waals surface area contributed by atoms with Gasteiger partial charge in [0.15, 0.2) is 5.16 Å². The summed E-state index contributed by atoms with van der Waals surface area (Å²) in [7, 11) is 0. The number of rotatable bonds is 6. The average Bonchev–Trinajstić information content (AvgIpc) is 2.25. The molecule has 6 heteroatoms. The fourth-order valence-electron chi connectivity index (χ4n) is 1.00. The molecule has 0 aliphatic rings. The van der Waals surface area contributed by atoms with Crippen LogP contribution in [0.4, 0.5) is 5.95 Å². The van der Waals surface area contributed by atoms with E-state index < -0.39 is 0 Å². The number of anilines is 1. The molecule has 0 aliphatic carbocycles. The Morgan fingerprint density at radius 1 is 1.24 bits per heavy atom. The van der Waals surface area contributed by atoms with Crippen molar-refractivity contribution in [3.05, 3.63) is 5.28 Å². The van der Waals surface area contributed by atoms with E-state index in [-0.39, 0.29) is 5.28 Å². The molecule has 1 heterocycles. The standard InChI is InChI=1S/C11H19ClN4S/c1-5-6-13-10-14-9(12)15-11(16-10)17-8(4)7(2)3/h7-8H,5-6H2,1-4H3,(H,13,14,15,16). The summed E-state index contributed by atoms with van der Waals surface area (Å²) in [6, 6.07) is 0. The van der Waals surface area contributed by atoms with Gasteiger partial charge in [-0.2, -0.15) is 15.0 Å². The van der Waals surface area contributed by atoms with Gasteiger partial charge in [-0.1, -0.05) is 39.5 Å². The van der Waals surface area contributed by atoms with Crippen LogP contribution in [0, 0.1) is 5.92 Å². The van der Waals surface area contributed by atoms with Gasteiger partial charge in [-0.05, 0) is 23.9 Å². The first-order valence-corrected chi connectivity index (χ1v) is 7.10. The average molecular weight is 275 g/mol. The van der Waals surface area contributed by atoms with Crippen molar-refractivity contribution >= 4 is 29.3 Å². The summed E-state index contributed by atoms with van der Waals surface area (Å²) in [5.41, 5.74) is 0. The largest absolute Gasteiger partial charge is 0.354 e. The molecule has 0 bridgehead atoms. The van der Waals surface area contributed by atoms with E-state index in [2.05, 4.69) is 48.0 Å².